The molecule has 4 heteroatoms. The number of primary amides is 1. The van der Waals surface area contributed by atoms with E-state index < -0.39 is 0 Å². The number of carbonyl (C=O) groups excluding carboxylic acids is 1. The predicted octanol–water partition coefficient (Wildman–Crippen LogP) is 1.43. The standard InChI is InChI=1S/C15H23N3O/c1-3-18(13-8-4-11(2)5-9-13)10-14(15(16)19)17-12-6-7-12/h4-5,8-9,12,14,17H,3,6-7,10H2,1-2H3,(H2,16,19). The normalized spacial score (nSPS) is 16.1. The van der Waals surface area contributed by atoms with Crippen LogP contribution in [0.2, 0.25) is 0 Å². The molecule has 1 aliphatic carbocycles. The quantitative estimate of drug-likeness (QED) is 0.780. The van der Waals surface area contributed by atoms with E-state index in [0.29, 0.717) is 12.6 Å². The number of nitrogens with zero attached hydrogens (tertiary/aromatic N) is 1. The maximum Gasteiger partial charge on any atom is 0.236 e. The summed E-state index contributed by atoms with van der Waals surface area (Å²) in [5.74, 6) is -0.266. The molecular formula is C15H23N3O. The predicted molar refractivity (Wildman–Crippen MR) is 78.2 cm³/mol. The first-order valence-electron chi connectivity index (χ1n) is 6.97. The summed E-state index contributed by atoms with van der Waals surface area (Å²) in [4.78, 5) is 13.7. The first-order valence-corrected chi connectivity index (χ1v) is 6.97. The summed E-state index contributed by atoms with van der Waals surface area (Å²) in [6.07, 6.45) is 2.31. The van der Waals surface area contributed by atoms with Gasteiger partial charge in [0.25, 0.3) is 0 Å². The molecule has 1 aromatic rings. The Morgan fingerprint density at radius 1 is 1.42 bits per heavy atom. The van der Waals surface area contributed by atoms with Gasteiger partial charge in [0.15, 0.2) is 0 Å². The third-order valence-electron chi connectivity index (χ3n) is 3.54. The van der Waals surface area contributed by atoms with Crippen molar-refractivity contribution in [3.63, 3.8) is 0 Å². The van der Waals surface area contributed by atoms with Crippen molar-refractivity contribution in [3.8, 4) is 0 Å². The number of amides is 1. The van der Waals surface area contributed by atoms with E-state index in [9.17, 15) is 4.79 Å². The SMILES string of the molecule is CCN(CC(NC1CC1)C(N)=O)c1ccc(C)cc1. The molecular weight excluding hydrogens is 238 g/mol. The summed E-state index contributed by atoms with van der Waals surface area (Å²) in [6.45, 7) is 5.65. The van der Waals surface area contributed by atoms with Crippen molar-refractivity contribution in [2.24, 2.45) is 5.73 Å². The van der Waals surface area contributed by atoms with Crippen molar-refractivity contribution in [3.05, 3.63) is 29.8 Å². The molecule has 1 aromatic carbocycles. The number of nitrogens with two attached hydrogens (primary N) is 1. The first-order chi connectivity index (χ1) is 9.10. The monoisotopic (exact) mass is 261 g/mol. The van der Waals surface area contributed by atoms with E-state index >= 15 is 0 Å². The number of carbonyl (C=O) groups is 1. The van der Waals surface area contributed by atoms with Gasteiger partial charge in [-0.05, 0) is 38.8 Å². The second-order valence-corrected chi connectivity index (χ2v) is 5.27. The van der Waals surface area contributed by atoms with Crippen molar-refractivity contribution in [2.75, 3.05) is 18.0 Å². The minimum atomic E-state index is -0.270. The van der Waals surface area contributed by atoms with Crippen molar-refractivity contribution < 1.29 is 4.79 Å². The molecule has 0 saturated heterocycles. The highest BCUT2D eigenvalue weighted by Crippen LogP contribution is 2.20. The zero-order valence-corrected chi connectivity index (χ0v) is 11.7. The highest BCUT2D eigenvalue weighted by atomic mass is 16.1. The molecule has 1 saturated carbocycles. The maximum absolute atomic E-state index is 11.5. The molecule has 0 aliphatic heterocycles. The lowest BCUT2D eigenvalue weighted by molar-refractivity contribution is -0.119. The van der Waals surface area contributed by atoms with Crippen LogP contribution in [0.3, 0.4) is 0 Å². The van der Waals surface area contributed by atoms with Crippen LogP contribution in [-0.4, -0.2) is 31.1 Å². The maximum atomic E-state index is 11.5. The van der Waals surface area contributed by atoms with Crippen LogP contribution in [0.1, 0.15) is 25.3 Å². The van der Waals surface area contributed by atoms with Crippen LogP contribution in [0, 0.1) is 6.92 Å². The Bertz CT molecular complexity index is 426. The fourth-order valence-electron chi connectivity index (χ4n) is 2.15. The smallest absolute Gasteiger partial charge is 0.236 e. The molecule has 0 bridgehead atoms. The van der Waals surface area contributed by atoms with E-state index in [4.69, 9.17) is 5.73 Å². The van der Waals surface area contributed by atoms with Gasteiger partial charge < -0.3 is 16.0 Å². The number of hydrogen-bond acceptors (Lipinski definition) is 3. The summed E-state index contributed by atoms with van der Waals surface area (Å²) in [5.41, 5.74) is 7.86. The van der Waals surface area contributed by atoms with E-state index in [1.807, 2.05) is 0 Å². The van der Waals surface area contributed by atoms with Crippen LogP contribution in [0.15, 0.2) is 24.3 Å². The van der Waals surface area contributed by atoms with Gasteiger partial charge in [-0.3, -0.25) is 4.79 Å². The van der Waals surface area contributed by atoms with Crippen LogP contribution in [0.25, 0.3) is 0 Å². The second kappa shape index (κ2) is 6.06. The van der Waals surface area contributed by atoms with Gasteiger partial charge in [-0.1, -0.05) is 17.7 Å². The Hall–Kier alpha value is -1.55. The average molecular weight is 261 g/mol. The highest BCUT2D eigenvalue weighted by molar-refractivity contribution is 5.80. The van der Waals surface area contributed by atoms with Gasteiger partial charge >= 0.3 is 0 Å². The van der Waals surface area contributed by atoms with Crippen molar-refractivity contribution in [1.82, 2.24) is 5.32 Å². The molecule has 1 fully saturated rings. The molecule has 104 valence electrons. The van der Waals surface area contributed by atoms with E-state index in [1.165, 1.54) is 5.56 Å². The molecule has 2 rings (SSSR count). The number of anilines is 1. The lowest BCUT2D eigenvalue weighted by Gasteiger charge is -2.27. The Balaban J connectivity index is 2.03. The van der Waals surface area contributed by atoms with Gasteiger partial charge in [0, 0.05) is 24.8 Å². The van der Waals surface area contributed by atoms with Gasteiger partial charge in [-0.2, -0.15) is 0 Å². The van der Waals surface area contributed by atoms with Gasteiger partial charge in [0.1, 0.15) is 6.04 Å². The van der Waals surface area contributed by atoms with Crippen molar-refractivity contribution >= 4 is 11.6 Å². The van der Waals surface area contributed by atoms with Crippen LogP contribution < -0.4 is 16.0 Å². The largest absolute Gasteiger partial charge is 0.370 e. The lowest BCUT2D eigenvalue weighted by Crippen LogP contribution is -2.50. The molecule has 0 heterocycles. The number of benzene rings is 1. The average Bonchev–Trinajstić information content (AvgIpc) is 3.19. The Morgan fingerprint density at radius 3 is 2.53 bits per heavy atom. The summed E-state index contributed by atoms with van der Waals surface area (Å²) >= 11 is 0. The third-order valence-corrected chi connectivity index (χ3v) is 3.54. The van der Waals surface area contributed by atoms with Crippen LogP contribution >= 0.6 is 0 Å². The fraction of sp³-hybridized carbons (Fsp3) is 0.533. The number of rotatable bonds is 7. The zero-order chi connectivity index (χ0) is 13.8. The summed E-state index contributed by atoms with van der Waals surface area (Å²) in [5, 5.41) is 3.32. The highest BCUT2D eigenvalue weighted by Gasteiger charge is 2.28. The van der Waals surface area contributed by atoms with Gasteiger partial charge in [-0.25, -0.2) is 0 Å². The fourth-order valence-corrected chi connectivity index (χ4v) is 2.15. The van der Waals surface area contributed by atoms with Crippen LogP contribution in [-0.2, 0) is 4.79 Å². The Morgan fingerprint density at radius 2 is 2.05 bits per heavy atom. The second-order valence-electron chi connectivity index (χ2n) is 5.27. The number of hydrogen-bond donors (Lipinski definition) is 2. The number of nitrogens with one attached hydrogen (secondary N) is 1. The van der Waals surface area contributed by atoms with Crippen molar-refractivity contribution in [2.45, 2.75) is 38.8 Å². The summed E-state index contributed by atoms with van der Waals surface area (Å²) in [7, 11) is 0. The zero-order valence-electron chi connectivity index (χ0n) is 11.7. The van der Waals surface area contributed by atoms with Gasteiger partial charge in [0.05, 0.1) is 0 Å². The Kier molecular flexibility index (Phi) is 4.43. The molecule has 0 aromatic heterocycles. The molecule has 0 radical (unpaired) electrons. The van der Waals surface area contributed by atoms with E-state index in [-0.39, 0.29) is 11.9 Å². The molecule has 1 amide bonds. The topological polar surface area (TPSA) is 58.4 Å². The summed E-state index contributed by atoms with van der Waals surface area (Å²) < 4.78 is 0. The van der Waals surface area contributed by atoms with Gasteiger partial charge in [0.2, 0.25) is 5.91 Å². The molecule has 3 N–H and O–H groups in total. The van der Waals surface area contributed by atoms with Gasteiger partial charge in [-0.15, -0.1) is 0 Å². The van der Waals surface area contributed by atoms with E-state index in [0.717, 1.165) is 25.1 Å². The number of aryl methyl sites for hydroxylation is 1. The van der Waals surface area contributed by atoms with Crippen molar-refractivity contribution in [1.29, 1.82) is 0 Å². The molecule has 19 heavy (non-hydrogen) atoms. The molecule has 0 spiro atoms. The lowest BCUT2D eigenvalue weighted by atomic mass is 10.2. The Labute approximate surface area is 115 Å². The molecule has 1 aliphatic rings. The molecule has 1 atom stereocenters. The first kappa shape index (κ1) is 13.9. The van der Waals surface area contributed by atoms with E-state index in [1.54, 1.807) is 0 Å². The van der Waals surface area contributed by atoms with Crippen LogP contribution in [0.5, 0.6) is 0 Å². The van der Waals surface area contributed by atoms with Crippen LogP contribution in [0.4, 0.5) is 5.69 Å². The third kappa shape index (κ3) is 3.96. The minimum Gasteiger partial charge on any atom is -0.370 e. The van der Waals surface area contributed by atoms with E-state index in [2.05, 4.69) is 48.3 Å². The summed E-state index contributed by atoms with van der Waals surface area (Å²) in [6, 6.07) is 8.57. The number of likely N-dealkylation sites (N-methyl/N-ethyl adjacent to an activating group) is 1. The molecule has 1 unspecified atom stereocenters. The minimum absolute atomic E-state index is 0.266. The molecule has 4 nitrogen and oxygen atoms in total.